The van der Waals surface area contributed by atoms with Crippen LogP contribution in [0.2, 0.25) is 0 Å². The second-order valence-corrected chi connectivity index (χ2v) is 9.65. The number of aryl methyl sites for hydroxylation is 1. The fraction of sp³-hybridized carbons (Fsp3) is 0.333. The molecule has 0 saturated heterocycles. The van der Waals surface area contributed by atoms with Crippen molar-refractivity contribution in [3.8, 4) is 17.0 Å². The van der Waals surface area contributed by atoms with E-state index in [2.05, 4.69) is 14.9 Å². The average Bonchev–Trinajstić information content (AvgIpc) is 2.80. The van der Waals surface area contributed by atoms with E-state index >= 15 is 0 Å². The van der Waals surface area contributed by atoms with E-state index in [4.69, 9.17) is 4.74 Å². The fourth-order valence-corrected chi connectivity index (χ4v) is 5.41. The molecule has 1 aliphatic rings. The highest BCUT2D eigenvalue weighted by Gasteiger charge is 2.22. The molecule has 4 rings (SSSR count). The maximum atomic E-state index is 13.2. The van der Waals surface area contributed by atoms with Gasteiger partial charge in [-0.25, -0.2) is 18.2 Å². The Bertz CT molecular complexity index is 1300. The first-order valence-corrected chi connectivity index (χ1v) is 12.3. The first-order valence-electron chi connectivity index (χ1n) is 10.8. The van der Waals surface area contributed by atoms with Crippen molar-refractivity contribution in [1.29, 1.82) is 0 Å². The van der Waals surface area contributed by atoms with Gasteiger partial charge < -0.3 is 4.74 Å². The third-order valence-corrected chi connectivity index (χ3v) is 7.32. The Balaban J connectivity index is 1.67. The molecule has 3 aromatic rings. The number of nitrogens with one attached hydrogen (secondary N) is 2. The van der Waals surface area contributed by atoms with Crippen LogP contribution in [0.4, 0.5) is 0 Å². The summed E-state index contributed by atoms with van der Waals surface area (Å²) in [7, 11) is -3.79. The highest BCUT2D eigenvalue weighted by atomic mass is 32.2. The summed E-state index contributed by atoms with van der Waals surface area (Å²) < 4.78 is 34.7. The Labute approximate surface area is 187 Å². The molecule has 1 heterocycles. The normalized spacial score (nSPS) is 13.6. The Kier molecular flexibility index (Phi) is 6.43. The molecule has 0 radical (unpaired) electrons. The number of hydrogen-bond donors (Lipinski definition) is 2. The van der Waals surface area contributed by atoms with Crippen molar-refractivity contribution in [1.82, 2.24) is 14.9 Å². The van der Waals surface area contributed by atoms with E-state index in [0.29, 0.717) is 29.2 Å². The molecule has 0 aliphatic heterocycles. The number of aromatic nitrogens is 2. The van der Waals surface area contributed by atoms with E-state index < -0.39 is 10.0 Å². The maximum absolute atomic E-state index is 13.2. The van der Waals surface area contributed by atoms with Crippen LogP contribution in [0, 0.1) is 6.92 Å². The molecule has 1 aliphatic carbocycles. The predicted molar refractivity (Wildman–Crippen MR) is 123 cm³/mol. The summed E-state index contributed by atoms with van der Waals surface area (Å²) in [5, 5.41) is 6.85. The Hall–Kier alpha value is -2.97. The zero-order valence-corrected chi connectivity index (χ0v) is 19.1. The fourth-order valence-electron chi connectivity index (χ4n) is 4.13. The highest BCUT2D eigenvalue weighted by molar-refractivity contribution is 7.89. The molecule has 0 spiro atoms. The van der Waals surface area contributed by atoms with Crippen LogP contribution in [0.5, 0.6) is 5.75 Å². The lowest BCUT2D eigenvalue weighted by molar-refractivity contribution is 0.336. The van der Waals surface area contributed by atoms with E-state index in [1.165, 1.54) is 0 Å². The van der Waals surface area contributed by atoms with Gasteiger partial charge in [-0.1, -0.05) is 30.3 Å². The highest BCUT2D eigenvalue weighted by Crippen LogP contribution is 2.30. The molecular formula is C24H27N3O4S. The molecule has 0 saturated carbocycles. The van der Waals surface area contributed by atoms with Gasteiger partial charge in [-0.2, -0.15) is 5.10 Å². The molecule has 32 heavy (non-hydrogen) atoms. The monoisotopic (exact) mass is 453 g/mol. The summed E-state index contributed by atoms with van der Waals surface area (Å²) >= 11 is 0. The number of H-pyrrole nitrogens is 1. The largest absolute Gasteiger partial charge is 0.494 e. The molecule has 0 unspecified atom stereocenters. The van der Waals surface area contributed by atoms with Gasteiger partial charge in [0.15, 0.2) is 0 Å². The van der Waals surface area contributed by atoms with Crippen molar-refractivity contribution < 1.29 is 13.2 Å². The van der Waals surface area contributed by atoms with Crippen molar-refractivity contribution in [2.24, 2.45) is 0 Å². The summed E-state index contributed by atoms with van der Waals surface area (Å²) in [5.41, 5.74) is 4.26. The van der Waals surface area contributed by atoms with Crippen molar-refractivity contribution in [3.05, 3.63) is 75.1 Å². The van der Waals surface area contributed by atoms with Crippen LogP contribution < -0.4 is 15.0 Å². The van der Waals surface area contributed by atoms with Gasteiger partial charge in [0.05, 0.1) is 17.2 Å². The third kappa shape index (κ3) is 4.47. The molecule has 1 aromatic heterocycles. The smallest absolute Gasteiger partial charge is 0.267 e. The third-order valence-electron chi connectivity index (χ3n) is 5.77. The number of para-hydroxylation sites is 1. The summed E-state index contributed by atoms with van der Waals surface area (Å²) in [6.45, 7) is 4.28. The SMILES string of the molecule is CCOc1ccccc1CNS(=O)(=O)c1cc(-c2n[nH]c(=O)c3c2CCCC3)ccc1C. The molecule has 2 N–H and O–H groups in total. The predicted octanol–water partition coefficient (Wildman–Crippen LogP) is 3.50. The summed E-state index contributed by atoms with van der Waals surface area (Å²) in [5.74, 6) is 0.659. The number of rotatable bonds is 7. The quantitative estimate of drug-likeness (QED) is 0.570. The van der Waals surface area contributed by atoms with E-state index in [1.54, 1.807) is 19.1 Å². The lowest BCUT2D eigenvalue weighted by Crippen LogP contribution is -2.24. The van der Waals surface area contributed by atoms with Crippen LogP contribution in [0.25, 0.3) is 11.3 Å². The van der Waals surface area contributed by atoms with E-state index in [1.807, 2.05) is 37.3 Å². The van der Waals surface area contributed by atoms with Crippen LogP contribution >= 0.6 is 0 Å². The summed E-state index contributed by atoms with van der Waals surface area (Å²) in [6, 6.07) is 12.6. The number of nitrogens with zero attached hydrogens (tertiary/aromatic N) is 1. The maximum Gasteiger partial charge on any atom is 0.267 e. The lowest BCUT2D eigenvalue weighted by Gasteiger charge is -2.18. The molecule has 7 nitrogen and oxygen atoms in total. The second-order valence-electron chi connectivity index (χ2n) is 7.91. The van der Waals surface area contributed by atoms with Gasteiger partial charge in [-0.05, 0) is 62.8 Å². The molecule has 168 valence electrons. The number of ether oxygens (including phenoxy) is 1. The van der Waals surface area contributed by atoms with Gasteiger partial charge in [-0.3, -0.25) is 4.79 Å². The lowest BCUT2D eigenvalue weighted by atomic mass is 9.90. The number of sulfonamides is 1. The van der Waals surface area contributed by atoms with Gasteiger partial charge in [0, 0.05) is 23.2 Å². The standard InChI is InChI=1S/C24H27N3O4S/c1-3-31-21-11-7-4-8-18(21)15-25-32(29,30)22-14-17(13-12-16(22)2)23-19-9-5-6-10-20(19)24(28)27-26-23/h4,7-8,11-14,25H,3,5-6,9-10,15H2,1-2H3,(H,27,28). The van der Waals surface area contributed by atoms with Crippen LogP contribution in [0.1, 0.15) is 42.0 Å². The van der Waals surface area contributed by atoms with Gasteiger partial charge in [0.2, 0.25) is 10.0 Å². The van der Waals surface area contributed by atoms with Gasteiger partial charge in [0.25, 0.3) is 5.56 Å². The Morgan fingerprint density at radius 3 is 2.62 bits per heavy atom. The zero-order valence-electron chi connectivity index (χ0n) is 18.3. The molecule has 0 bridgehead atoms. The summed E-state index contributed by atoms with van der Waals surface area (Å²) in [4.78, 5) is 12.4. The molecule has 8 heteroatoms. The number of benzene rings is 2. The van der Waals surface area contributed by atoms with Crippen LogP contribution in [-0.2, 0) is 29.4 Å². The first-order chi connectivity index (χ1) is 15.4. The van der Waals surface area contributed by atoms with Gasteiger partial charge in [-0.15, -0.1) is 0 Å². The Morgan fingerprint density at radius 2 is 1.84 bits per heavy atom. The minimum absolute atomic E-state index is 0.120. The van der Waals surface area contributed by atoms with Crippen LogP contribution in [0.15, 0.2) is 52.2 Å². The average molecular weight is 454 g/mol. The number of aromatic amines is 1. The van der Waals surface area contributed by atoms with Crippen molar-refractivity contribution in [2.75, 3.05) is 6.61 Å². The topological polar surface area (TPSA) is 101 Å². The molecule has 0 amide bonds. The van der Waals surface area contributed by atoms with Crippen molar-refractivity contribution >= 4 is 10.0 Å². The van der Waals surface area contributed by atoms with Gasteiger partial charge in [0.1, 0.15) is 5.75 Å². The van der Waals surface area contributed by atoms with Crippen molar-refractivity contribution in [3.63, 3.8) is 0 Å². The number of hydrogen-bond acceptors (Lipinski definition) is 5. The van der Waals surface area contributed by atoms with E-state index in [-0.39, 0.29) is 17.0 Å². The number of fused-ring (bicyclic) bond motifs is 1. The minimum atomic E-state index is -3.79. The molecule has 0 fully saturated rings. The van der Waals surface area contributed by atoms with E-state index in [0.717, 1.165) is 42.4 Å². The van der Waals surface area contributed by atoms with E-state index in [9.17, 15) is 13.2 Å². The second kappa shape index (κ2) is 9.26. The zero-order chi connectivity index (χ0) is 22.7. The van der Waals surface area contributed by atoms with Crippen LogP contribution in [0.3, 0.4) is 0 Å². The van der Waals surface area contributed by atoms with Crippen molar-refractivity contribution in [2.45, 2.75) is 51.0 Å². The Morgan fingerprint density at radius 1 is 1.09 bits per heavy atom. The van der Waals surface area contributed by atoms with Crippen LogP contribution in [-0.4, -0.2) is 25.2 Å². The molecular weight excluding hydrogens is 426 g/mol. The summed E-state index contributed by atoms with van der Waals surface area (Å²) in [6.07, 6.45) is 3.45. The van der Waals surface area contributed by atoms with Gasteiger partial charge >= 0.3 is 0 Å². The molecule has 0 atom stereocenters. The first kappa shape index (κ1) is 22.2. The molecule has 2 aromatic carbocycles. The minimum Gasteiger partial charge on any atom is -0.494 e.